The lowest BCUT2D eigenvalue weighted by atomic mass is 9.55. The Kier molecular flexibility index (Phi) is 1.95. The molecule has 0 saturated heterocycles. The second kappa shape index (κ2) is 2.73. The molecule has 70 valence electrons. The van der Waals surface area contributed by atoms with E-state index in [4.69, 9.17) is 5.73 Å². The van der Waals surface area contributed by atoms with Crippen LogP contribution in [0.1, 0.15) is 51.9 Å². The van der Waals surface area contributed by atoms with E-state index in [0.29, 0.717) is 10.8 Å². The molecule has 0 amide bonds. The zero-order valence-electron chi connectivity index (χ0n) is 8.23. The van der Waals surface area contributed by atoms with E-state index in [2.05, 4.69) is 6.92 Å². The first kappa shape index (κ1) is 8.55. The van der Waals surface area contributed by atoms with E-state index in [0.717, 1.165) is 6.54 Å². The summed E-state index contributed by atoms with van der Waals surface area (Å²) in [5, 5.41) is 0. The molecule has 0 aromatic heterocycles. The molecule has 0 spiro atoms. The van der Waals surface area contributed by atoms with Crippen LogP contribution in [0.2, 0.25) is 0 Å². The molecule has 0 radical (unpaired) electrons. The third-order valence-corrected chi connectivity index (χ3v) is 4.21. The summed E-state index contributed by atoms with van der Waals surface area (Å²) in [5.41, 5.74) is 7.13. The van der Waals surface area contributed by atoms with Gasteiger partial charge in [-0.1, -0.05) is 19.8 Å². The Bertz CT molecular complexity index is 164. The molecule has 0 aliphatic heterocycles. The zero-order valence-corrected chi connectivity index (χ0v) is 8.23. The summed E-state index contributed by atoms with van der Waals surface area (Å²) in [4.78, 5) is 0. The third kappa shape index (κ3) is 1.28. The topological polar surface area (TPSA) is 26.0 Å². The van der Waals surface area contributed by atoms with E-state index < -0.39 is 0 Å². The summed E-state index contributed by atoms with van der Waals surface area (Å²) in [6, 6.07) is 0. The van der Waals surface area contributed by atoms with Gasteiger partial charge in [-0.05, 0) is 49.5 Å². The number of rotatable bonds is 1. The second-order valence-electron chi connectivity index (χ2n) is 5.40. The molecule has 0 aromatic rings. The van der Waals surface area contributed by atoms with Crippen molar-refractivity contribution in [3.8, 4) is 0 Å². The van der Waals surface area contributed by atoms with Gasteiger partial charge in [0.15, 0.2) is 0 Å². The van der Waals surface area contributed by atoms with E-state index in [1.165, 1.54) is 44.9 Å². The van der Waals surface area contributed by atoms with Crippen LogP contribution in [0.3, 0.4) is 0 Å². The maximum absolute atomic E-state index is 5.90. The van der Waals surface area contributed by atoms with Gasteiger partial charge in [0.25, 0.3) is 0 Å². The Balaban J connectivity index is 2.16. The van der Waals surface area contributed by atoms with Crippen LogP contribution in [-0.2, 0) is 0 Å². The van der Waals surface area contributed by atoms with E-state index in [1.54, 1.807) is 0 Å². The van der Waals surface area contributed by atoms with Crippen molar-refractivity contribution in [3.05, 3.63) is 0 Å². The number of hydrogen-bond acceptors (Lipinski definition) is 1. The van der Waals surface area contributed by atoms with Gasteiger partial charge in [-0.15, -0.1) is 0 Å². The molecule has 2 bridgehead atoms. The van der Waals surface area contributed by atoms with Gasteiger partial charge in [0, 0.05) is 0 Å². The Morgan fingerprint density at radius 1 is 1.08 bits per heavy atom. The van der Waals surface area contributed by atoms with Crippen LogP contribution in [0.5, 0.6) is 0 Å². The fourth-order valence-electron chi connectivity index (χ4n) is 3.57. The fraction of sp³-hybridized carbons (Fsp3) is 1.00. The van der Waals surface area contributed by atoms with Gasteiger partial charge in [-0.3, -0.25) is 0 Å². The normalized spacial score (nSPS) is 47.5. The second-order valence-corrected chi connectivity index (χ2v) is 5.40. The van der Waals surface area contributed by atoms with Crippen molar-refractivity contribution in [2.45, 2.75) is 51.9 Å². The third-order valence-electron chi connectivity index (χ3n) is 4.21. The van der Waals surface area contributed by atoms with Crippen LogP contribution in [0, 0.1) is 10.8 Å². The molecule has 12 heavy (non-hydrogen) atoms. The van der Waals surface area contributed by atoms with Crippen molar-refractivity contribution < 1.29 is 0 Å². The summed E-state index contributed by atoms with van der Waals surface area (Å²) in [6.45, 7) is 3.40. The van der Waals surface area contributed by atoms with Crippen molar-refractivity contribution in [1.29, 1.82) is 0 Å². The molecule has 1 heteroatoms. The summed E-state index contributed by atoms with van der Waals surface area (Å²) in [7, 11) is 0. The Morgan fingerprint density at radius 3 is 2.08 bits per heavy atom. The van der Waals surface area contributed by atoms with Crippen molar-refractivity contribution in [3.63, 3.8) is 0 Å². The Hall–Kier alpha value is -0.0400. The average molecular weight is 167 g/mol. The predicted octanol–water partition coefficient (Wildman–Crippen LogP) is 2.70. The first-order valence-corrected chi connectivity index (χ1v) is 5.38. The molecular formula is C11H21N. The molecular weight excluding hydrogens is 146 g/mol. The maximum atomic E-state index is 5.90. The molecule has 2 fully saturated rings. The van der Waals surface area contributed by atoms with Crippen LogP contribution in [-0.4, -0.2) is 6.54 Å². The monoisotopic (exact) mass is 167 g/mol. The van der Waals surface area contributed by atoms with Gasteiger partial charge < -0.3 is 5.73 Å². The molecule has 2 N–H and O–H groups in total. The summed E-state index contributed by atoms with van der Waals surface area (Å²) >= 11 is 0. The minimum absolute atomic E-state index is 0.561. The van der Waals surface area contributed by atoms with Gasteiger partial charge in [0.05, 0.1) is 0 Å². The molecule has 2 rings (SSSR count). The van der Waals surface area contributed by atoms with Crippen molar-refractivity contribution in [2.24, 2.45) is 16.6 Å². The highest BCUT2D eigenvalue weighted by Gasteiger charge is 2.44. The standard InChI is InChI=1S/C11H21N/c1-10-4-2-6-11(8-10,9-12)7-3-5-10/h2-9,12H2,1H3. The Morgan fingerprint density at radius 2 is 1.67 bits per heavy atom. The zero-order chi connectivity index (χ0) is 8.66. The van der Waals surface area contributed by atoms with Gasteiger partial charge in [0.2, 0.25) is 0 Å². The number of fused-ring (bicyclic) bond motifs is 2. The smallest absolute Gasteiger partial charge is 0.00203 e. The lowest BCUT2D eigenvalue weighted by Crippen LogP contribution is -2.43. The van der Waals surface area contributed by atoms with Crippen molar-refractivity contribution in [1.82, 2.24) is 0 Å². The molecule has 0 aromatic carbocycles. The van der Waals surface area contributed by atoms with Crippen molar-refractivity contribution >= 4 is 0 Å². The molecule has 0 unspecified atom stereocenters. The van der Waals surface area contributed by atoms with Gasteiger partial charge >= 0.3 is 0 Å². The summed E-state index contributed by atoms with van der Waals surface area (Å²) in [5.74, 6) is 0. The highest BCUT2D eigenvalue weighted by atomic mass is 14.6. The van der Waals surface area contributed by atoms with E-state index in [9.17, 15) is 0 Å². The molecule has 0 heterocycles. The summed E-state index contributed by atoms with van der Waals surface area (Å²) < 4.78 is 0. The Labute approximate surface area is 75.7 Å². The highest BCUT2D eigenvalue weighted by Crippen LogP contribution is 2.54. The van der Waals surface area contributed by atoms with Crippen LogP contribution >= 0.6 is 0 Å². The van der Waals surface area contributed by atoms with Crippen LogP contribution in [0.4, 0.5) is 0 Å². The van der Waals surface area contributed by atoms with E-state index >= 15 is 0 Å². The maximum Gasteiger partial charge on any atom is -0.00203 e. The molecule has 0 atom stereocenters. The van der Waals surface area contributed by atoms with Crippen LogP contribution in [0.15, 0.2) is 0 Å². The average Bonchev–Trinajstić information content (AvgIpc) is 2.03. The highest BCUT2D eigenvalue weighted by molar-refractivity contribution is 4.96. The lowest BCUT2D eigenvalue weighted by molar-refractivity contribution is 0.0196. The first-order chi connectivity index (χ1) is 5.68. The van der Waals surface area contributed by atoms with Crippen LogP contribution in [0.25, 0.3) is 0 Å². The largest absolute Gasteiger partial charge is 0.330 e. The van der Waals surface area contributed by atoms with Gasteiger partial charge in [-0.2, -0.15) is 0 Å². The quantitative estimate of drug-likeness (QED) is 0.638. The molecule has 2 aliphatic carbocycles. The molecule has 2 saturated carbocycles. The molecule has 1 nitrogen and oxygen atoms in total. The minimum Gasteiger partial charge on any atom is -0.330 e. The molecule has 2 aliphatic rings. The lowest BCUT2D eigenvalue weighted by Gasteiger charge is -2.50. The van der Waals surface area contributed by atoms with Crippen LogP contribution < -0.4 is 5.73 Å². The summed E-state index contributed by atoms with van der Waals surface area (Å²) in [6.07, 6.45) is 9.97. The number of hydrogen-bond donors (Lipinski definition) is 1. The minimum atomic E-state index is 0.561. The van der Waals surface area contributed by atoms with Crippen molar-refractivity contribution in [2.75, 3.05) is 6.54 Å². The SMILES string of the molecule is CC12CCCC(CN)(CCC1)C2. The van der Waals surface area contributed by atoms with E-state index in [1.807, 2.05) is 0 Å². The van der Waals surface area contributed by atoms with Gasteiger partial charge in [0.1, 0.15) is 0 Å². The van der Waals surface area contributed by atoms with Gasteiger partial charge in [-0.25, -0.2) is 0 Å². The fourth-order valence-corrected chi connectivity index (χ4v) is 3.57. The number of nitrogens with two attached hydrogens (primary N) is 1. The predicted molar refractivity (Wildman–Crippen MR) is 51.9 cm³/mol. The van der Waals surface area contributed by atoms with E-state index in [-0.39, 0.29) is 0 Å². The first-order valence-electron chi connectivity index (χ1n) is 5.38.